The minimum Gasteiger partial charge on any atom is -1.00 e. The maximum absolute atomic E-state index is 11.2. The number of nitro groups is 1. The van der Waals surface area contributed by atoms with Crippen LogP contribution in [0.2, 0.25) is 0 Å². The van der Waals surface area contributed by atoms with Gasteiger partial charge < -0.3 is 17.1 Å². The molecule has 3 aromatic carbocycles. The zero-order chi connectivity index (χ0) is 19.5. The number of non-ortho nitro benzene ring substituents is 1. The minimum absolute atomic E-state index is 0. The van der Waals surface area contributed by atoms with Crippen molar-refractivity contribution in [2.45, 2.75) is 6.92 Å². The van der Waals surface area contributed by atoms with Gasteiger partial charge in [0.1, 0.15) is 5.75 Å². The van der Waals surface area contributed by atoms with Gasteiger partial charge in [-0.15, -0.1) is 0 Å². The molecule has 6 heteroatoms. The number of pyridine rings is 1. The van der Waals surface area contributed by atoms with E-state index in [0.29, 0.717) is 6.61 Å². The third-order valence-electron chi connectivity index (χ3n) is 4.55. The first-order valence-corrected chi connectivity index (χ1v) is 9.03. The largest absolute Gasteiger partial charge is 1.00 e. The third kappa shape index (κ3) is 4.20. The van der Waals surface area contributed by atoms with Crippen molar-refractivity contribution in [1.29, 1.82) is 0 Å². The second-order valence-corrected chi connectivity index (χ2v) is 6.34. The Kier molecular flexibility index (Phi) is 6.10. The Morgan fingerprint density at radius 1 is 0.931 bits per heavy atom. The van der Waals surface area contributed by atoms with Crippen LogP contribution < -0.4 is 17.1 Å². The van der Waals surface area contributed by atoms with Gasteiger partial charge in [0.25, 0.3) is 5.69 Å². The summed E-state index contributed by atoms with van der Waals surface area (Å²) in [6, 6.07) is 24.4. The average molecular weight is 406 g/mol. The van der Waals surface area contributed by atoms with Gasteiger partial charge >= 0.3 is 0 Å². The molecular formula is C23H18ClN2O3-. The Bertz CT molecular complexity index is 1150. The molecule has 29 heavy (non-hydrogen) atoms. The maximum Gasteiger partial charge on any atom is 0.270 e. The van der Waals surface area contributed by atoms with Crippen LogP contribution in [0.15, 0.2) is 78.9 Å². The molecule has 4 rings (SSSR count). The molecule has 0 spiro atoms. The number of aromatic nitrogens is 1. The average Bonchev–Trinajstić information content (AvgIpc) is 2.74. The molecule has 4 aromatic rings. The topological polar surface area (TPSA) is 65.3 Å². The van der Waals surface area contributed by atoms with E-state index in [1.165, 1.54) is 6.07 Å². The van der Waals surface area contributed by atoms with Crippen molar-refractivity contribution >= 4 is 16.6 Å². The lowest BCUT2D eigenvalue weighted by Gasteiger charge is -2.11. The van der Waals surface area contributed by atoms with Crippen LogP contribution in [0.1, 0.15) is 6.92 Å². The zero-order valence-electron chi connectivity index (χ0n) is 15.7. The van der Waals surface area contributed by atoms with Crippen molar-refractivity contribution in [3.05, 3.63) is 89.0 Å². The number of halogens is 1. The van der Waals surface area contributed by atoms with Crippen molar-refractivity contribution in [1.82, 2.24) is 4.98 Å². The van der Waals surface area contributed by atoms with E-state index in [0.717, 1.165) is 39.0 Å². The van der Waals surface area contributed by atoms with Crippen LogP contribution >= 0.6 is 0 Å². The predicted molar refractivity (Wildman–Crippen MR) is 110 cm³/mol. The third-order valence-corrected chi connectivity index (χ3v) is 4.55. The van der Waals surface area contributed by atoms with Gasteiger partial charge in [0.15, 0.2) is 0 Å². The molecule has 0 saturated carbocycles. The molecule has 0 N–H and O–H groups in total. The lowest BCUT2D eigenvalue weighted by molar-refractivity contribution is -0.384. The van der Waals surface area contributed by atoms with E-state index in [4.69, 9.17) is 9.72 Å². The molecule has 0 aliphatic heterocycles. The van der Waals surface area contributed by atoms with Crippen molar-refractivity contribution in [3.8, 4) is 28.1 Å². The van der Waals surface area contributed by atoms with Crippen LogP contribution in [0.25, 0.3) is 33.3 Å². The number of benzene rings is 3. The smallest absolute Gasteiger partial charge is 0.270 e. The van der Waals surface area contributed by atoms with Crippen LogP contribution in [-0.4, -0.2) is 16.5 Å². The minimum atomic E-state index is -0.380. The monoisotopic (exact) mass is 405 g/mol. The zero-order valence-corrected chi connectivity index (χ0v) is 16.5. The quantitative estimate of drug-likeness (QED) is 0.378. The normalized spacial score (nSPS) is 10.4. The Balaban J connectivity index is 0.00000240. The fraction of sp³-hybridized carbons (Fsp3) is 0.0870. The number of fused-ring (bicyclic) bond motifs is 1. The molecule has 0 atom stereocenters. The first-order chi connectivity index (χ1) is 13.7. The van der Waals surface area contributed by atoms with Gasteiger partial charge in [0.05, 0.1) is 22.7 Å². The summed E-state index contributed by atoms with van der Waals surface area (Å²) in [5, 5.41) is 12.0. The summed E-state index contributed by atoms with van der Waals surface area (Å²) >= 11 is 0. The van der Waals surface area contributed by atoms with Crippen molar-refractivity contribution < 1.29 is 22.1 Å². The molecule has 1 aromatic heterocycles. The molecular weight excluding hydrogens is 388 g/mol. The molecule has 0 radical (unpaired) electrons. The fourth-order valence-electron chi connectivity index (χ4n) is 3.22. The molecule has 5 nitrogen and oxygen atoms in total. The summed E-state index contributed by atoms with van der Waals surface area (Å²) in [6.07, 6.45) is 0. The summed E-state index contributed by atoms with van der Waals surface area (Å²) in [5.74, 6) is 0.811. The fourth-order valence-corrected chi connectivity index (χ4v) is 3.22. The Hall–Kier alpha value is -3.44. The highest BCUT2D eigenvalue weighted by atomic mass is 35.5. The molecule has 0 amide bonds. The molecule has 0 bridgehead atoms. The van der Waals surface area contributed by atoms with Gasteiger partial charge in [-0.3, -0.25) is 10.1 Å². The lowest BCUT2D eigenvalue weighted by Crippen LogP contribution is -3.00. The summed E-state index contributed by atoms with van der Waals surface area (Å²) in [7, 11) is 0. The van der Waals surface area contributed by atoms with Gasteiger partial charge in [-0.05, 0) is 54.4 Å². The molecule has 1 heterocycles. The van der Waals surface area contributed by atoms with Gasteiger partial charge in [-0.1, -0.05) is 30.3 Å². The summed E-state index contributed by atoms with van der Waals surface area (Å²) in [6.45, 7) is 2.56. The molecule has 0 aliphatic rings. The molecule has 0 saturated heterocycles. The highest BCUT2D eigenvalue weighted by molar-refractivity contribution is 5.97. The van der Waals surface area contributed by atoms with E-state index in [2.05, 4.69) is 0 Å². The Morgan fingerprint density at radius 3 is 2.31 bits per heavy atom. The number of nitro benzene ring substituents is 1. The number of hydrogen-bond acceptors (Lipinski definition) is 4. The SMILES string of the molecule is CCOc1ccc(-c2cc(-c3ccccc3)c3cc([N+](=O)[O-])ccc3n2)cc1.[Cl-]. The van der Waals surface area contributed by atoms with Crippen LogP contribution in [0.5, 0.6) is 5.75 Å². The van der Waals surface area contributed by atoms with E-state index in [1.54, 1.807) is 12.1 Å². The van der Waals surface area contributed by atoms with E-state index in [9.17, 15) is 10.1 Å². The number of ether oxygens (including phenoxy) is 1. The first-order valence-electron chi connectivity index (χ1n) is 9.03. The molecule has 0 fully saturated rings. The summed E-state index contributed by atoms with van der Waals surface area (Å²) in [4.78, 5) is 15.6. The maximum atomic E-state index is 11.2. The highest BCUT2D eigenvalue weighted by Crippen LogP contribution is 2.34. The Labute approximate surface area is 174 Å². The van der Waals surface area contributed by atoms with E-state index < -0.39 is 0 Å². The highest BCUT2D eigenvalue weighted by Gasteiger charge is 2.14. The summed E-state index contributed by atoms with van der Waals surface area (Å²) in [5.41, 5.74) is 4.45. The number of nitrogens with zero attached hydrogens (tertiary/aromatic N) is 2. The van der Waals surface area contributed by atoms with Gasteiger partial charge in [-0.25, -0.2) is 4.98 Å². The van der Waals surface area contributed by atoms with Crippen molar-refractivity contribution in [2.24, 2.45) is 0 Å². The van der Waals surface area contributed by atoms with Crippen LogP contribution in [-0.2, 0) is 0 Å². The summed E-state index contributed by atoms with van der Waals surface area (Å²) < 4.78 is 5.51. The van der Waals surface area contributed by atoms with Gasteiger partial charge in [0.2, 0.25) is 0 Å². The number of rotatable bonds is 5. The van der Waals surface area contributed by atoms with Crippen LogP contribution in [0.3, 0.4) is 0 Å². The standard InChI is InChI=1S/C23H18N2O3.ClH/c1-2-28-19-11-8-17(9-12-19)23-15-20(16-6-4-3-5-7-16)21-14-18(25(26)27)10-13-22(21)24-23;/h3-15H,2H2,1H3;1H/p-1. The van der Waals surface area contributed by atoms with Crippen LogP contribution in [0.4, 0.5) is 5.69 Å². The molecule has 0 unspecified atom stereocenters. The predicted octanol–water partition coefficient (Wildman–Crippen LogP) is 2.88. The van der Waals surface area contributed by atoms with E-state index in [-0.39, 0.29) is 23.0 Å². The second-order valence-electron chi connectivity index (χ2n) is 6.34. The van der Waals surface area contributed by atoms with Crippen molar-refractivity contribution in [3.63, 3.8) is 0 Å². The first kappa shape index (κ1) is 20.3. The van der Waals surface area contributed by atoms with Crippen LogP contribution in [0, 0.1) is 10.1 Å². The van der Waals surface area contributed by atoms with E-state index >= 15 is 0 Å². The molecule has 146 valence electrons. The van der Waals surface area contributed by atoms with Gasteiger partial charge in [0, 0.05) is 23.1 Å². The van der Waals surface area contributed by atoms with E-state index in [1.807, 2.05) is 67.6 Å². The number of hydrogen-bond donors (Lipinski definition) is 0. The second kappa shape index (κ2) is 8.71. The van der Waals surface area contributed by atoms with Crippen molar-refractivity contribution in [2.75, 3.05) is 6.61 Å². The van der Waals surface area contributed by atoms with Gasteiger partial charge in [-0.2, -0.15) is 0 Å². The lowest BCUT2D eigenvalue weighted by atomic mass is 9.98. The molecule has 0 aliphatic carbocycles. The Morgan fingerprint density at radius 2 is 1.66 bits per heavy atom.